The smallest absolute Gasteiger partial charge is 0.327 e. The van der Waals surface area contributed by atoms with Crippen molar-refractivity contribution in [1.29, 1.82) is 0 Å². The maximum atomic E-state index is 12.1. The number of rotatable bonds is 4. The number of carbonyl (C=O) groups excluding carboxylic acids is 1. The second-order valence-electron chi connectivity index (χ2n) is 5.18. The Balaban J connectivity index is 2.10. The zero-order valence-electron chi connectivity index (χ0n) is 11.3. The fraction of sp³-hybridized carbons (Fsp3) is 0.467. The maximum absolute atomic E-state index is 12.1. The lowest BCUT2D eigenvalue weighted by molar-refractivity contribution is -0.139. The van der Waals surface area contributed by atoms with Crippen LogP contribution in [0, 0.1) is 18.3 Å². The number of hydrogen-bond donors (Lipinski definition) is 2. The highest BCUT2D eigenvalue weighted by molar-refractivity contribution is 7.14. The molecule has 0 saturated carbocycles. The predicted octanol–water partition coefficient (Wildman–Crippen LogP) is 2.08. The van der Waals surface area contributed by atoms with Gasteiger partial charge in [0.2, 0.25) is 0 Å². The molecule has 20 heavy (non-hydrogen) atoms. The highest BCUT2D eigenvalue weighted by Gasteiger charge is 2.24. The number of amides is 1. The normalized spacial score (nSPS) is 18.7. The standard InChI is InChI=1S/C15H17NO3S/c1-3-4-11(15(18)19)16-14(17)13-8-10-7-9(2)5-6-12(10)20-13/h1,8-9,11H,4-7H2,2H3,(H,16,17)(H,18,19). The zero-order chi connectivity index (χ0) is 14.7. The topological polar surface area (TPSA) is 66.4 Å². The van der Waals surface area contributed by atoms with E-state index in [9.17, 15) is 9.59 Å². The highest BCUT2D eigenvalue weighted by Crippen LogP contribution is 2.32. The van der Waals surface area contributed by atoms with E-state index in [1.165, 1.54) is 21.8 Å². The molecule has 1 heterocycles. The van der Waals surface area contributed by atoms with Gasteiger partial charge in [-0.1, -0.05) is 6.92 Å². The van der Waals surface area contributed by atoms with Crippen LogP contribution in [0.5, 0.6) is 0 Å². The first-order valence-corrected chi connectivity index (χ1v) is 7.41. The average Bonchev–Trinajstić information content (AvgIpc) is 2.80. The van der Waals surface area contributed by atoms with Gasteiger partial charge in [-0.05, 0) is 36.8 Å². The van der Waals surface area contributed by atoms with Crippen molar-refractivity contribution in [2.45, 2.75) is 38.6 Å². The third kappa shape index (κ3) is 3.20. The summed E-state index contributed by atoms with van der Waals surface area (Å²) < 4.78 is 0. The molecule has 1 amide bonds. The van der Waals surface area contributed by atoms with Crippen molar-refractivity contribution in [2.24, 2.45) is 5.92 Å². The summed E-state index contributed by atoms with van der Waals surface area (Å²) in [5, 5.41) is 11.5. The summed E-state index contributed by atoms with van der Waals surface area (Å²) in [6.45, 7) is 2.20. The fourth-order valence-corrected chi connectivity index (χ4v) is 3.48. The SMILES string of the molecule is C#CCC(NC(=O)c1cc2c(s1)CCC(C)C2)C(=O)O. The average molecular weight is 291 g/mol. The molecule has 0 radical (unpaired) electrons. The molecule has 0 aromatic carbocycles. The Hall–Kier alpha value is -1.80. The number of thiophene rings is 1. The van der Waals surface area contributed by atoms with E-state index in [4.69, 9.17) is 11.5 Å². The number of carboxylic acids is 1. The van der Waals surface area contributed by atoms with Crippen LogP contribution < -0.4 is 5.32 Å². The molecule has 2 unspecified atom stereocenters. The molecule has 1 aromatic heterocycles. The summed E-state index contributed by atoms with van der Waals surface area (Å²) in [6.07, 6.45) is 8.24. The van der Waals surface area contributed by atoms with E-state index in [2.05, 4.69) is 18.2 Å². The van der Waals surface area contributed by atoms with Crippen LogP contribution >= 0.6 is 11.3 Å². The summed E-state index contributed by atoms with van der Waals surface area (Å²) in [5.74, 6) is 1.46. The van der Waals surface area contributed by atoms with Gasteiger partial charge in [0, 0.05) is 11.3 Å². The van der Waals surface area contributed by atoms with E-state index in [0.29, 0.717) is 10.8 Å². The molecule has 2 atom stereocenters. The minimum absolute atomic E-state index is 0.0107. The molecule has 2 N–H and O–H groups in total. The van der Waals surface area contributed by atoms with Gasteiger partial charge < -0.3 is 10.4 Å². The van der Waals surface area contributed by atoms with E-state index in [1.807, 2.05) is 6.07 Å². The van der Waals surface area contributed by atoms with E-state index in [0.717, 1.165) is 19.3 Å². The summed E-state index contributed by atoms with van der Waals surface area (Å²) in [4.78, 5) is 24.9. The molecule has 106 valence electrons. The number of fused-ring (bicyclic) bond motifs is 1. The Morgan fingerprint density at radius 1 is 1.65 bits per heavy atom. The van der Waals surface area contributed by atoms with Gasteiger partial charge in [0.15, 0.2) is 0 Å². The zero-order valence-corrected chi connectivity index (χ0v) is 12.1. The minimum Gasteiger partial charge on any atom is -0.480 e. The third-order valence-electron chi connectivity index (χ3n) is 3.48. The quantitative estimate of drug-likeness (QED) is 0.835. The molecule has 1 aliphatic carbocycles. The molecular formula is C15H17NO3S. The van der Waals surface area contributed by atoms with Gasteiger partial charge in [0.05, 0.1) is 4.88 Å². The summed E-state index contributed by atoms with van der Waals surface area (Å²) >= 11 is 1.46. The third-order valence-corrected chi connectivity index (χ3v) is 4.71. The Morgan fingerprint density at radius 3 is 3.05 bits per heavy atom. The van der Waals surface area contributed by atoms with Crippen molar-refractivity contribution in [3.8, 4) is 12.3 Å². The molecule has 0 saturated heterocycles. The van der Waals surface area contributed by atoms with Crippen molar-refractivity contribution in [2.75, 3.05) is 0 Å². The monoisotopic (exact) mass is 291 g/mol. The second-order valence-corrected chi connectivity index (χ2v) is 6.32. The summed E-state index contributed by atoms with van der Waals surface area (Å²) in [5.41, 5.74) is 1.22. The molecule has 1 aromatic rings. The van der Waals surface area contributed by atoms with Crippen molar-refractivity contribution in [3.05, 3.63) is 21.4 Å². The molecule has 1 aliphatic rings. The van der Waals surface area contributed by atoms with Crippen LogP contribution in [-0.4, -0.2) is 23.0 Å². The molecule has 2 rings (SSSR count). The Bertz CT molecular complexity index is 570. The van der Waals surface area contributed by atoms with Gasteiger partial charge in [0.25, 0.3) is 5.91 Å². The summed E-state index contributed by atoms with van der Waals surface area (Å²) in [6, 6.07) is 0.866. The molecule has 0 bridgehead atoms. The van der Waals surface area contributed by atoms with E-state index >= 15 is 0 Å². The second kappa shape index (κ2) is 6.10. The van der Waals surface area contributed by atoms with Crippen LogP contribution in [-0.2, 0) is 17.6 Å². The molecular weight excluding hydrogens is 274 g/mol. The van der Waals surface area contributed by atoms with Crippen LogP contribution in [0.2, 0.25) is 0 Å². The van der Waals surface area contributed by atoms with E-state index < -0.39 is 12.0 Å². The van der Waals surface area contributed by atoms with Gasteiger partial charge in [-0.15, -0.1) is 23.7 Å². The van der Waals surface area contributed by atoms with Crippen LogP contribution in [0.3, 0.4) is 0 Å². The minimum atomic E-state index is -1.11. The highest BCUT2D eigenvalue weighted by atomic mass is 32.1. The number of nitrogens with one attached hydrogen (secondary N) is 1. The van der Waals surface area contributed by atoms with Crippen molar-refractivity contribution < 1.29 is 14.7 Å². The molecule has 0 aliphatic heterocycles. The van der Waals surface area contributed by atoms with Crippen molar-refractivity contribution in [3.63, 3.8) is 0 Å². The largest absolute Gasteiger partial charge is 0.480 e. The summed E-state index contributed by atoms with van der Waals surface area (Å²) in [7, 11) is 0. The van der Waals surface area contributed by atoms with Gasteiger partial charge in [-0.3, -0.25) is 4.79 Å². The van der Waals surface area contributed by atoms with Crippen molar-refractivity contribution >= 4 is 23.2 Å². The van der Waals surface area contributed by atoms with Crippen LogP contribution in [0.1, 0.15) is 39.9 Å². The van der Waals surface area contributed by atoms with Crippen LogP contribution in [0.4, 0.5) is 0 Å². The molecule has 0 spiro atoms. The predicted molar refractivity (Wildman–Crippen MR) is 77.8 cm³/mol. The first-order chi connectivity index (χ1) is 9.51. The number of aryl methyl sites for hydroxylation is 1. The maximum Gasteiger partial charge on any atom is 0.327 e. The number of terminal acetylenes is 1. The van der Waals surface area contributed by atoms with Gasteiger partial charge in [-0.2, -0.15) is 0 Å². The van der Waals surface area contributed by atoms with Crippen molar-refractivity contribution in [1.82, 2.24) is 5.32 Å². The number of aliphatic carboxylic acids is 1. The van der Waals surface area contributed by atoms with Crippen LogP contribution in [0.15, 0.2) is 6.07 Å². The number of carboxylic acid groups (broad SMARTS) is 1. The molecule has 0 fully saturated rings. The molecule has 4 nitrogen and oxygen atoms in total. The number of carbonyl (C=O) groups is 2. The Labute approximate surface area is 122 Å². The first-order valence-electron chi connectivity index (χ1n) is 6.60. The first kappa shape index (κ1) is 14.6. The number of hydrogen-bond acceptors (Lipinski definition) is 3. The lowest BCUT2D eigenvalue weighted by Crippen LogP contribution is -2.40. The van der Waals surface area contributed by atoms with E-state index in [-0.39, 0.29) is 12.3 Å². The Morgan fingerprint density at radius 2 is 2.40 bits per heavy atom. The lowest BCUT2D eigenvalue weighted by Gasteiger charge is -2.16. The van der Waals surface area contributed by atoms with Crippen LogP contribution in [0.25, 0.3) is 0 Å². The van der Waals surface area contributed by atoms with Gasteiger partial charge in [-0.25, -0.2) is 4.79 Å². The van der Waals surface area contributed by atoms with Gasteiger partial charge >= 0.3 is 5.97 Å². The van der Waals surface area contributed by atoms with E-state index in [1.54, 1.807) is 0 Å². The Kier molecular flexibility index (Phi) is 4.46. The lowest BCUT2D eigenvalue weighted by atomic mass is 9.90. The fourth-order valence-electron chi connectivity index (χ4n) is 2.36. The van der Waals surface area contributed by atoms with Gasteiger partial charge in [0.1, 0.15) is 6.04 Å². The molecule has 5 heteroatoms.